The Bertz CT molecular complexity index is 1390. The Hall–Kier alpha value is -3.53. The van der Waals surface area contributed by atoms with Gasteiger partial charge in [0, 0.05) is 23.1 Å². The molecule has 0 radical (unpaired) electrons. The summed E-state index contributed by atoms with van der Waals surface area (Å²) in [7, 11) is 0. The first kappa shape index (κ1) is 21.3. The van der Waals surface area contributed by atoms with E-state index >= 15 is 0 Å². The maximum absolute atomic E-state index is 13.1. The van der Waals surface area contributed by atoms with Gasteiger partial charge in [0.05, 0.1) is 12.1 Å². The van der Waals surface area contributed by atoms with E-state index in [1.54, 1.807) is 0 Å². The molecule has 0 atom stereocenters. The minimum atomic E-state index is -0.270. The zero-order valence-electron chi connectivity index (χ0n) is 19.6. The lowest BCUT2D eigenvalue weighted by Gasteiger charge is -2.34. The molecule has 0 amide bonds. The SMILES string of the molecule is Cc1cccc(C(C)C)c1N1COc2ccc3c(C)c(Cc4ccccc4)c(=O)oc3c2C1. The molecule has 0 N–H and O–H groups in total. The Morgan fingerprint density at radius 2 is 1.76 bits per heavy atom. The third-order valence-corrected chi connectivity index (χ3v) is 6.67. The van der Waals surface area contributed by atoms with Crippen LogP contribution in [0.1, 0.15) is 53.1 Å². The molecule has 0 saturated heterocycles. The van der Waals surface area contributed by atoms with E-state index in [2.05, 4.69) is 43.9 Å². The zero-order chi connectivity index (χ0) is 23.1. The van der Waals surface area contributed by atoms with Gasteiger partial charge in [-0.2, -0.15) is 0 Å². The summed E-state index contributed by atoms with van der Waals surface area (Å²) in [5.74, 6) is 1.19. The summed E-state index contributed by atoms with van der Waals surface area (Å²) in [6.45, 7) is 9.69. The number of nitrogens with zero attached hydrogens (tertiary/aromatic N) is 1. The van der Waals surface area contributed by atoms with E-state index in [0.29, 0.717) is 36.8 Å². The maximum Gasteiger partial charge on any atom is 0.340 e. The first-order valence-corrected chi connectivity index (χ1v) is 11.5. The molecular formula is C29H29NO3. The molecule has 1 aliphatic heterocycles. The summed E-state index contributed by atoms with van der Waals surface area (Å²) in [5.41, 5.74) is 7.80. The molecule has 168 valence electrons. The molecule has 33 heavy (non-hydrogen) atoms. The molecule has 0 spiro atoms. The number of benzene rings is 3. The Balaban J connectivity index is 1.60. The maximum atomic E-state index is 13.1. The highest BCUT2D eigenvalue weighted by molar-refractivity contribution is 5.86. The number of fused-ring (bicyclic) bond motifs is 3. The van der Waals surface area contributed by atoms with Crippen LogP contribution in [0.3, 0.4) is 0 Å². The number of aryl methyl sites for hydroxylation is 2. The monoisotopic (exact) mass is 439 g/mol. The minimum Gasteiger partial charge on any atom is -0.473 e. The van der Waals surface area contributed by atoms with Crippen molar-refractivity contribution < 1.29 is 9.15 Å². The third kappa shape index (κ3) is 3.80. The number of para-hydroxylation sites is 1. The van der Waals surface area contributed by atoms with E-state index < -0.39 is 0 Å². The highest BCUT2D eigenvalue weighted by Gasteiger charge is 2.26. The molecule has 1 aliphatic rings. The van der Waals surface area contributed by atoms with Gasteiger partial charge in [-0.25, -0.2) is 4.79 Å². The second kappa shape index (κ2) is 8.43. The fourth-order valence-electron chi connectivity index (χ4n) is 4.89. The van der Waals surface area contributed by atoms with Crippen molar-refractivity contribution in [1.82, 2.24) is 0 Å². The van der Waals surface area contributed by atoms with E-state index in [1.807, 2.05) is 49.4 Å². The van der Waals surface area contributed by atoms with Crippen molar-refractivity contribution in [1.29, 1.82) is 0 Å². The second-order valence-electron chi connectivity index (χ2n) is 9.21. The van der Waals surface area contributed by atoms with Gasteiger partial charge in [0.15, 0.2) is 6.73 Å². The van der Waals surface area contributed by atoms with Crippen molar-refractivity contribution in [2.75, 3.05) is 11.6 Å². The van der Waals surface area contributed by atoms with Crippen LogP contribution >= 0.6 is 0 Å². The van der Waals surface area contributed by atoms with Gasteiger partial charge >= 0.3 is 5.63 Å². The normalized spacial score (nSPS) is 13.3. The van der Waals surface area contributed by atoms with E-state index in [-0.39, 0.29) is 5.63 Å². The van der Waals surface area contributed by atoms with E-state index in [9.17, 15) is 4.79 Å². The molecule has 5 rings (SSSR count). The van der Waals surface area contributed by atoms with Crippen molar-refractivity contribution in [3.05, 3.63) is 104 Å². The summed E-state index contributed by atoms with van der Waals surface area (Å²) in [5, 5.41) is 0.971. The van der Waals surface area contributed by atoms with Crippen LogP contribution in [0.15, 0.2) is 69.9 Å². The summed E-state index contributed by atoms with van der Waals surface area (Å²) >= 11 is 0. The van der Waals surface area contributed by atoms with Crippen molar-refractivity contribution in [3.8, 4) is 5.75 Å². The first-order valence-electron chi connectivity index (χ1n) is 11.5. The van der Waals surface area contributed by atoms with Crippen LogP contribution in [0.2, 0.25) is 0 Å². The molecule has 2 heterocycles. The highest BCUT2D eigenvalue weighted by Crippen LogP contribution is 2.38. The average molecular weight is 440 g/mol. The minimum absolute atomic E-state index is 0.270. The van der Waals surface area contributed by atoms with Crippen molar-refractivity contribution >= 4 is 16.7 Å². The molecular weight excluding hydrogens is 410 g/mol. The number of hydrogen-bond donors (Lipinski definition) is 0. The van der Waals surface area contributed by atoms with Crippen molar-refractivity contribution in [2.24, 2.45) is 0 Å². The third-order valence-electron chi connectivity index (χ3n) is 6.67. The van der Waals surface area contributed by atoms with Gasteiger partial charge in [-0.15, -0.1) is 0 Å². The van der Waals surface area contributed by atoms with Crippen LogP contribution in [0.5, 0.6) is 5.75 Å². The summed E-state index contributed by atoms with van der Waals surface area (Å²) in [4.78, 5) is 15.3. The predicted molar refractivity (Wildman–Crippen MR) is 133 cm³/mol. The lowest BCUT2D eigenvalue weighted by molar-refractivity contribution is 0.288. The number of rotatable bonds is 4. The average Bonchev–Trinajstić information content (AvgIpc) is 2.82. The van der Waals surface area contributed by atoms with Gasteiger partial charge in [-0.05, 0) is 54.2 Å². The lowest BCUT2D eigenvalue weighted by atomic mass is 9.96. The molecule has 0 unspecified atom stereocenters. The van der Waals surface area contributed by atoms with Gasteiger partial charge in [0.2, 0.25) is 0 Å². The molecule has 0 saturated carbocycles. The topological polar surface area (TPSA) is 42.7 Å². The highest BCUT2D eigenvalue weighted by atomic mass is 16.5. The van der Waals surface area contributed by atoms with E-state index in [1.165, 1.54) is 16.8 Å². The molecule has 0 aliphatic carbocycles. The number of anilines is 1. The van der Waals surface area contributed by atoms with Crippen LogP contribution in [-0.2, 0) is 13.0 Å². The Morgan fingerprint density at radius 1 is 0.970 bits per heavy atom. The van der Waals surface area contributed by atoms with Crippen LogP contribution in [0.25, 0.3) is 11.0 Å². The smallest absolute Gasteiger partial charge is 0.340 e. The van der Waals surface area contributed by atoms with Gasteiger partial charge in [0.1, 0.15) is 11.3 Å². The molecule has 0 fully saturated rings. The van der Waals surface area contributed by atoms with Gasteiger partial charge < -0.3 is 14.1 Å². The molecule has 0 bridgehead atoms. The van der Waals surface area contributed by atoms with Crippen molar-refractivity contribution in [2.45, 2.75) is 46.6 Å². The lowest BCUT2D eigenvalue weighted by Crippen LogP contribution is -2.33. The van der Waals surface area contributed by atoms with E-state index in [0.717, 1.165) is 27.8 Å². The Kier molecular flexibility index (Phi) is 5.45. The van der Waals surface area contributed by atoms with Gasteiger partial charge in [0.25, 0.3) is 0 Å². The molecule has 1 aromatic heterocycles. The fourth-order valence-corrected chi connectivity index (χ4v) is 4.89. The first-order chi connectivity index (χ1) is 15.9. The van der Waals surface area contributed by atoms with E-state index in [4.69, 9.17) is 9.15 Å². The zero-order valence-corrected chi connectivity index (χ0v) is 19.6. The Labute approximate surface area is 194 Å². The number of hydrogen-bond acceptors (Lipinski definition) is 4. The van der Waals surface area contributed by atoms with Crippen molar-refractivity contribution in [3.63, 3.8) is 0 Å². The van der Waals surface area contributed by atoms with Gasteiger partial charge in [-0.3, -0.25) is 0 Å². The molecule has 4 aromatic rings. The summed E-state index contributed by atoms with van der Waals surface area (Å²) in [6, 6.07) is 20.5. The van der Waals surface area contributed by atoms with Crippen LogP contribution in [0.4, 0.5) is 5.69 Å². The standard InChI is InChI=1S/C29H29NO3/c1-18(2)22-12-8-9-19(3)27(22)30-16-25-26(32-17-30)14-13-23-20(4)24(29(31)33-28(23)25)15-21-10-6-5-7-11-21/h5-14,18H,15-17H2,1-4H3. The quantitative estimate of drug-likeness (QED) is 0.341. The molecule has 3 aromatic carbocycles. The second-order valence-corrected chi connectivity index (χ2v) is 9.21. The number of ether oxygens (including phenoxy) is 1. The molecule has 4 nitrogen and oxygen atoms in total. The predicted octanol–water partition coefficient (Wildman–Crippen LogP) is 6.48. The molecule has 4 heteroatoms. The van der Waals surface area contributed by atoms with Crippen LogP contribution in [0, 0.1) is 13.8 Å². The van der Waals surface area contributed by atoms with Crippen LogP contribution < -0.4 is 15.3 Å². The van der Waals surface area contributed by atoms with Gasteiger partial charge in [-0.1, -0.05) is 62.4 Å². The summed E-state index contributed by atoms with van der Waals surface area (Å²) in [6.07, 6.45) is 0.561. The van der Waals surface area contributed by atoms with Crippen LogP contribution in [-0.4, -0.2) is 6.73 Å². The fraction of sp³-hybridized carbons (Fsp3) is 0.276. The Morgan fingerprint density at radius 3 is 2.52 bits per heavy atom. The summed E-state index contributed by atoms with van der Waals surface area (Å²) < 4.78 is 12.1. The largest absolute Gasteiger partial charge is 0.473 e.